The van der Waals surface area contributed by atoms with Gasteiger partial charge >= 0.3 is 5.97 Å². The number of aliphatic hydroxyl groups is 2. The van der Waals surface area contributed by atoms with Crippen molar-refractivity contribution in [1.29, 1.82) is 0 Å². The smallest absolute Gasteiger partial charge is 0.309 e. The fourth-order valence-corrected chi connectivity index (χ4v) is 6.42. The molecule has 0 amide bonds. The molecule has 202 valence electrons. The largest absolute Gasteiger partial charge is 0.458 e. The van der Waals surface area contributed by atoms with E-state index in [-0.39, 0.29) is 29.5 Å². The summed E-state index contributed by atoms with van der Waals surface area (Å²) in [7, 11) is 0. The second kappa shape index (κ2) is 11.4. The quantitative estimate of drug-likeness (QED) is 0.508. The molecule has 0 unspecified atom stereocenters. The third-order valence-electron chi connectivity index (χ3n) is 8.89. The van der Waals surface area contributed by atoms with Gasteiger partial charge in [-0.15, -0.1) is 11.3 Å². The topological polar surface area (TPSA) is 96.7 Å². The lowest BCUT2D eigenvalue weighted by atomic mass is 9.60. The predicted octanol–water partition coefficient (Wildman–Crippen LogP) is 5.51. The molecule has 0 aromatic carbocycles. The van der Waals surface area contributed by atoms with Crippen molar-refractivity contribution in [1.82, 2.24) is 4.98 Å². The number of aromatic nitrogens is 1. The molecule has 1 aromatic rings. The van der Waals surface area contributed by atoms with Crippen molar-refractivity contribution in [3.63, 3.8) is 0 Å². The standard InChI is InChI=1S/C28H42FNO5S/c1-16(10-20-15-36-23(14-29)30-20)21-11-17(2)27(4,5)9-7-8-19-13-28(6,22(31)12-24(32)35-21)26(34)18(3)25(19)33/h10,15,17-19,21-22,25,31,33H,7-9,11-14H2,1-6H3/b16-10+/t17-,18+,19+,21-,22-,25+,28+/m0/s1. The number of Topliss-reactive ketones (excluding diaryl/α,β-unsaturated/α-hetero) is 1. The molecule has 7 atom stereocenters. The molecule has 2 bridgehead atoms. The molecular weight excluding hydrogens is 481 g/mol. The van der Waals surface area contributed by atoms with E-state index in [0.717, 1.165) is 24.8 Å². The summed E-state index contributed by atoms with van der Waals surface area (Å²) in [4.78, 5) is 30.5. The Kier molecular flexibility index (Phi) is 9.16. The Morgan fingerprint density at radius 1 is 1.28 bits per heavy atom. The fourth-order valence-electron chi connectivity index (χ4n) is 5.82. The third-order valence-corrected chi connectivity index (χ3v) is 9.72. The van der Waals surface area contributed by atoms with Crippen molar-refractivity contribution in [3.05, 3.63) is 21.7 Å². The van der Waals surface area contributed by atoms with Crippen molar-refractivity contribution < 1.29 is 28.9 Å². The maximum absolute atomic E-state index is 13.2. The molecule has 2 N–H and O–H groups in total. The van der Waals surface area contributed by atoms with E-state index in [9.17, 15) is 24.2 Å². The van der Waals surface area contributed by atoms with Gasteiger partial charge in [-0.3, -0.25) is 9.59 Å². The third kappa shape index (κ3) is 6.25. The fraction of sp³-hybridized carbons (Fsp3) is 0.750. The molecule has 1 aliphatic heterocycles. The van der Waals surface area contributed by atoms with E-state index in [2.05, 4.69) is 25.8 Å². The zero-order valence-electron chi connectivity index (χ0n) is 22.4. The van der Waals surface area contributed by atoms with Gasteiger partial charge in [0.1, 0.15) is 23.6 Å². The molecule has 0 radical (unpaired) electrons. The minimum atomic E-state index is -1.19. The molecule has 3 rings (SSSR count). The average molecular weight is 524 g/mol. The van der Waals surface area contributed by atoms with Crippen LogP contribution >= 0.6 is 11.3 Å². The lowest BCUT2D eigenvalue weighted by Crippen LogP contribution is -2.54. The number of rotatable bonds is 3. The molecule has 1 saturated heterocycles. The van der Waals surface area contributed by atoms with Crippen LogP contribution in [-0.4, -0.2) is 45.3 Å². The second-order valence-corrected chi connectivity index (χ2v) is 12.9. The minimum Gasteiger partial charge on any atom is -0.458 e. The summed E-state index contributed by atoms with van der Waals surface area (Å²) in [6.07, 6.45) is 2.62. The molecular formula is C28H42FNO5S. The van der Waals surface area contributed by atoms with Crippen molar-refractivity contribution in [3.8, 4) is 0 Å². The maximum atomic E-state index is 13.2. The van der Waals surface area contributed by atoms with Crippen LogP contribution in [-0.2, 0) is 21.0 Å². The maximum Gasteiger partial charge on any atom is 0.309 e. The number of cyclic esters (lactones) is 1. The van der Waals surface area contributed by atoms with Gasteiger partial charge in [-0.25, -0.2) is 9.37 Å². The Balaban J connectivity index is 1.91. The number of thiazole rings is 1. The number of carbonyl (C=O) groups excluding carboxylic acids is 2. The number of alkyl halides is 1. The van der Waals surface area contributed by atoms with Gasteiger partial charge in [0.25, 0.3) is 0 Å². The van der Waals surface area contributed by atoms with Gasteiger partial charge in [-0.2, -0.15) is 0 Å². The summed E-state index contributed by atoms with van der Waals surface area (Å²) in [5, 5.41) is 24.1. The number of carbonyl (C=O) groups is 2. The lowest BCUT2D eigenvalue weighted by Gasteiger charge is -2.46. The number of nitrogens with zero attached hydrogens (tertiary/aromatic N) is 1. The Bertz CT molecular complexity index is 975. The van der Waals surface area contributed by atoms with Crippen LogP contribution in [0.4, 0.5) is 4.39 Å². The molecule has 0 spiro atoms. The van der Waals surface area contributed by atoms with Crippen LogP contribution in [0.25, 0.3) is 6.08 Å². The van der Waals surface area contributed by atoms with Crippen LogP contribution in [0.3, 0.4) is 0 Å². The van der Waals surface area contributed by atoms with E-state index in [1.165, 1.54) is 11.3 Å². The lowest BCUT2D eigenvalue weighted by molar-refractivity contribution is -0.162. The van der Waals surface area contributed by atoms with Crippen LogP contribution in [0.15, 0.2) is 11.0 Å². The van der Waals surface area contributed by atoms with E-state index in [4.69, 9.17) is 4.74 Å². The first kappa shape index (κ1) is 28.9. The van der Waals surface area contributed by atoms with Crippen LogP contribution in [0.2, 0.25) is 0 Å². The highest BCUT2D eigenvalue weighted by Crippen LogP contribution is 2.46. The first-order valence-corrected chi connectivity index (χ1v) is 13.9. The first-order chi connectivity index (χ1) is 16.8. The van der Waals surface area contributed by atoms with Crippen molar-refractivity contribution in [2.24, 2.45) is 28.6 Å². The summed E-state index contributed by atoms with van der Waals surface area (Å²) in [6.45, 7) is 11.3. The van der Waals surface area contributed by atoms with Crippen molar-refractivity contribution in [2.45, 2.75) is 105 Å². The van der Waals surface area contributed by atoms with Crippen LogP contribution in [0, 0.1) is 28.6 Å². The number of halogens is 1. The number of esters is 1. The Labute approximate surface area is 218 Å². The van der Waals surface area contributed by atoms with Gasteiger partial charge in [0.2, 0.25) is 0 Å². The van der Waals surface area contributed by atoms with Gasteiger partial charge in [0.05, 0.1) is 29.7 Å². The van der Waals surface area contributed by atoms with E-state index in [0.29, 0.717) is 23.5 Å². The highest BCUT2D eigenvalue weighted by atomic mass is 32.1. The highest BCUT2D eigenvalue weighted by molar-refractivity contribution is 7.09. The van der Waals surface area contributed by atoms with Gasteiger partial charge in [-0.05, 0) is 61.5 Å². The molecule has 2 fully saturated rings. The summed E-state index contributed by atoms with van der Waals surface area (Å²) >= 11 is 1.25. The molecule has 1 aromatic heterocycles. The molecule has 2 heterocycles. The number of ether oxygens (including phenoxy) is 1. The molecule has 36 heavy (non-hydrogen) atoms. The minimum absolute atomic E-state index is 0.0407. The summed E-state index contributed by atoms with van der Waals surface area (Å²) in [6, 6.07) is 0. The van der Waals surface area contributed by atoms with Gasteiger partial charge in [0.15, 0.2) is 0 Å². The summed E-state index contributed by atoms with van der Waals surface area (Å²) < 4.78 is 18.9. The Morgan fingerprint density at radius 2 is 1.97 bits per heavy atom. The summed E-state index contributed by atoms with van der Waals surface area (Å²) in [5.74, 6) is -1.25. The molecule has 2 aliphatic rings. The average Bonchev–Trinajstić information content (AvgIpc) is 3.27. The summed E-state index contributed by atoms with van der Waals surface area (Å²) in [5.41, 5.74) is 0.284. The first-order valence-electron chi connectivity index (χ1n) is 13.1. The zero-order chi connectivity index (χ0) is 26.8. The monoisotopic (exact) mass is 523 g/mol. The van der Waals surface area contributed by atoms with Gasteiger partial charge in [-0.1, -0.05) is 41.0 Å². The number of ketones is 1. The molecule has 1 aliphatic carbocycles. The zero-order valence-corrected chi connectivity index (χ0v) is 23.2. The predicted molar refractivity (Wildman–Crippen MR) is 139 cm³/mol. The SMILES string of the molecule is C/C(=C\c1csc(CF)n1)[C@@H]1C[C@H](C)C(C)(C)CCC[C@@H]2C[C@@](C)(C(=O)[C@H](C)[C@H]2O)[C@@H](O)CC(=O)O1. The van der Waals surface area contributed by atoms with E-state index < -0.39 is 42.3 Å². The van der Waals surface area contributed by atoms with E-state index in [1.54, 1.807) is 19.2 Å². The molecule has 1 saturated carbocycles. The van der Waals surface area contributed by atoms with Crippen LogP contribution < -0.4 is 0 Å². The van der Waals surface area contributed by atoms with Crippen molar-refractivity contribution >= 4 is 29.2 Å². The highest BCUT2D eigenvalue weighted by Gasteiger charge is 2.52. The number of fused-ring (bicyclic) bond motifs is 2. The number of hydrogen-bond donors (Lipinski definition) is 2. The van der Waals surface area contributed by atoms with Crippen LogP contribution in [0.1, 0.15) is 90.8 Å². The Hall–Kier alpha value is -1.64. The second-order valence-electron chi connectivity index (χ2n) is 11.9. The Morgan fingerprint density at radius 3 is 2.61 bits per heavy atom. The van der Waals surface area contributed by atoms with Crippen molar-refractivity contribution in [2.75, 3.05) is 0 Å². The van der Waals surface area contributed by atoms with E-state index in [1.807, 2.05) is 13.0 Å². The van der Waals surface area contributed by atoms with Gasteiger partial charge < -0.3 is 14.9 Å². The van der Waals surface area contributed by atoms with Crippen LogP contribution in [0.5, 0.6) is 0 Å². The van der Waals surface area contributed by atoms with E-state index >= 15 is 0 Å². The van der Waals surface area contributed by atoms with Gasteiger partial charge in [0, 0.05) is 11.3 Å². The normalized spacial score (nSPS) is 36.8. The molecule has 6 nitrogen and oxygen atoms in total. The molecule has 8 heteroatoms. The number of aliphatic hydroxyl groups excluding tert-OH is 2. The number of hydrogen-bond acceptors (Lipinski definition) is 7.